The van der Waals surface area contributed by atoms with Crippen molar-refractivity contribution in [1.29, 1.82) is 0 Å². The van der Waals surface area contributed by atoms with Crippen molar-refractivity contribution in [2.75, 3.05) is 23.3 Å². The van der Waals surface area contributed by atoms with E-state index < -0.39 is 0 Å². The van der Waals surface area contributed by atoms with Crippen LogP contribution in [-0.2, 0) is 4.79 Å². The lowest BCUT2D eigenvalue weighted by atomic mass is 9.85. The highest BCUT2D eigenvalue weighted by Crippen LogP contribution is 2.41. The first-order chi connectivity index (χ1) is 14.7. The van der Waals surface area contributed by atoms with Gasteiger partial charge in [-0.15, -0.1) is 16.4 Å². The third kappa shape index (κ3) is 3.13. The first kappa shape index (κ1) is 19.1. The summed E-state index contributed by atoms with van der Waals surface area (Å²) >= 11 is 1.62. The lowest BCUT2D eigenvalue weighted by molar-refractivity contribution is -0.116. The molecule has 0 amide bonds. The molecule has 1 atom stereocenters. The van der Waals surface area contributed by atoms with E-state index in [-0.39, 0.29) is 11.8 Å². The van der Waals surface area contributed by atoms with Gasteiger partial charge in [0.15, 0.2) is 11.6 Å². The standard InChI is InChI=1S/C23H25N5OS/c1-3-27(4-2)16-12-10-15(11-13-16)21-20-17(7-5-8-18(20)29)24-23-25-22(26-28(21)23)19-9-6-14-30-19/h6,9-14,21H,3-5,7-8H2,1-2H3,(H,24,25,26). The molecule has 0 fully saturated rings. The number of fused-ring (bicyclic) bond motifs is 1. The molecule has 6 nitrogen and oxygen atoms in total. The number of carbonyl (C=O) groups is 1. The molecule has 1 aromatic carbocycles. The van der Waals surface area contributed by atoms with E-state index >= 15 is 0 Å². The zero-order valence-electron chi connectivity index (χ0n) is 17.3. The maximum Gasteiger partial charge on any atom is 0.226 e. The Morgan fingerprint density at radius 3 is 2.67 bits per heavy atom. The van der Waals surface area contributed by atoms with Crippen LogP contribution in [0, 0.1) is 0 Å². The molecular formula is C23H25N5OS. The zero-order chi connectivity index (χ0) is 20.7. The van der Waals surface area contributed by atoms with Crippen LogP contribution in [0.4, 0.5) is 11.6 Å². The number of rotatable bonds is 5. The predicted octanol–water partition coefficient (Wildman–Crippen LogP) is 4.87. The van der Waals surface area contributed by atoms with Crippen LogP contribution in [0.1, 0.15) is 44.7 Å². The van der Waals surface area contributed by atoms with Crippen molar-refractivity contribution in [2.45, 2.75) is 39.2 Å². The second kappa shape index (κ2) is 7.72. The van der Waals surface area contributed by atoms with Crippen molar-refractivity contribution in [1.82, 2.24) is 14.8 Å². The number of benzene rings is 1. The Bertz CT molecular complexity index is 1090. The molecule has 1 aliphatic carbocycles. The van der Waals surface area contributed by atoms with Crippen molar-refractivity contribution < 1.29 is 4.79 Å². The molecule has 1 unspecified atom stereocenters. The maximum atomic E-state index is 13.0. The number of hydrogen-bond donors (Lipinski definition) is 1. The number of hydrogen-bond acceptors (Lipinski definition) is 6. The van der Waals surface area contributed by atoms with Gasteiger partial charge in [0.1, 0.15) is 6.04 Å². The average molecular weight is 420 g/mol. The molecule has 3 aromatic rings. The predicted molar refractivity (Wildman–Crippen MR) is 121 cm³/mol. The molecule has 0 spiro atoms. The summed E-state index contributed by atoms with van der Waals surface area (Å²) in [5.41, 5.74) is 4.10. The Labute approximate surface area is 180 Å². The summed E-state index contributed by atoms with van der Waals surface area (Å²) in [5, 5.41) is 10.3. The molecule has 0 bridgehead atoms. The molecule has 30 heavy (non-hydrogen) atoms. The van der Waals surface area contributed by atoms with Gasteiger partial charge < -0.3 is 10.2 Å². The van der Waals surface area contributed by atoms with Crippen molar-refractivity contribution in [3.05, 3.63) is 58.6 Å². The van der Waals surface area contributed by atoms with E-state index in [4.69, 9.17) is 10.1 Å². The fraction of sp³-hybridized carbons (Fsp3) is 0.348. The van der Waals surface area contributed by atoms with Gasteiger partial charge >= 0.3 is 0 Å². The van der Waals surface area contributed by atoms with Crippen LogP contribution < -0.4 is 10.2 Å². The summed E-state index contributed by atoms with van der Waals surface area (Å²) in [6, 6.07) is 12.3. The molecule has 1 aliphatic heterocycles. The van der Waals surface area contributed by atoms with Crippen molar-refractivity contribution >= 4 is 28.8 Å². The van der Waals surface area contributed by atoms with Crippen LogP contribution in [0.2, 0.25) is 0 Å². The molecule has 1 N–H and O–H groups in total. The minimum absolute atomic E-state index is 0.209. The second-order valence-corrected chi connectivity index (χ2v) is 8.59. The quantitative estimate of drug-likeness (QED) is 0.639. The van der Waals surface area contributed by atoms with Crippen LogP contribution in [-0.4, -0.2) is 33.6 Å². The fourth-order valence-electron chi connectivity index (χ4n) is 4.43. The monoisotopic (exact) mass is 419 g/mol. The Hall–Kier alpha value is -2.93. The van der Waals surface area contributed by atoms with Crippen molar-refractivity contribution in [2.24, 2.45) is 0 Å². The normalized spacial score (nSPS) is 18.1. The van der Waals surface area contributed by atoms with E-state index in [9.17, 15) is 4.79 Å². The molecule has 7 heteroatoms. The van der Waals surface area contributed by atoms with Crippen LogP contribution in [0.3, 0.4) is 0 Å². The Morgan fingerprint density at radius 1 is 1.17 bits per heavy atom. The Kier molecular flexibility index (Phi) is 4.90. The van der Waals surface area contributed by atoms with E-state index in [1.807, 2.05) is 22.2 Å². The summed E-state index contributed by atoms with van der Waals surface area (Å²) in [7, 11) is 0. The van der Waals surface area contributed by atoms with Gasteiger partial charge in [-0.3, -0.25) is 4.79 Å². The molecule has 2 aliphatic rings. The van der Waals surface area contributed by atoms with Gasteiger partial charge in [0, 0.05) is 36.5 Å². The number of ketones is 1. The van der Waals surface area contributed by atoms with E-state index in [1.165, 1.54) is 5.69 Å². The molecule has 3 heterocycles. The van der Waals surface area contributed by atoms with Crippen LogP contribution >= 0.6 is 11.3 Å². The Balaban J connectivity index is 1.61. The van der Waals surface area contributed by atoms with Crippen molar-refractivity contribution in [3.63, 3.8) is 0 Å². The Morgan fingerprint density at radius 2 is 1.97 bits per heavy atom. The van der Waals surface area contributed by atoms with Gasteiger partial charge in [-0.1, -0.05) is 18.2 Å². The minimum atomic E-state index is -0.240. The molecule has 5 rings (SSSR count). The highest BCUT2D eigenvalue weighted by molar-refractivity contribution is 7.13. The third-order valence-corrected chi connectivity index (χ3v) is 6.81. The van der Waals surface area contributed by atoms with Gasteiger partial charge in [-0.2, -0.15) is 4.98 Å². The summed E-state index contributed by atoms with van der Waals surface area (Å²) < 4.78 is 1.89. The van der Waals surface area contributed by atoms with E-state index in [0.717, 1.165) is 47.6 Å². The van der Waals surface area contributed by atoms with E-state index in [0.29, 0.717) is 18.2 Å². The summed E-state index contributed by atoms with van der Waals surface area (Å²) in [6.07, 6.45) is 2.34. The number of nitrogens with one attached hydrogen (secondary N) is 1. The summed E-state index contributed by atoms with van der Waals surface area (Å²) in [4.78, 5) is 21.1. The lowest BCUT2D eigenvalue weighted by Crippen LogP contribution is -2.31. The zero-order valence-corrected chi connectivity index (χ0v) is 18.1. The highest BCUT2D eigenvalue weighted by Gasteiger charge is 2.37. The number of allylic oxidation sites excluding steroid dienone is 2. The van der Waals surface area contributed by atoms with Crippen LogP contribution in [0.25, 0.3) is 10.7 Å². The number of aromatic nitrogens is 3. The third-order valence-electron chi connectivity index (χ3n) is 5.95. The molecular weight excluding hydrogens is 394 g/mol. The smallest absolute Gasteiger partial charge is 0.226 e. The minimum Gasteiger partial charge on any atom is -0.372 e. The summed E-state index contributed by atoms with van der Waals surface area (Å²) in [6.45, 7) is 6.26. The molecule has 0 saturated heterocycles. The number of thiophene rings is 1. The van der Waals surface area contributed by atoms with Gasteiger partial charge in [-0.05, 0) is 55.8 Å². The first-order valence-corrected chi connectivity index (χ1v) is 11.5. The van der Waals surface area contributed by atoms with Crippen LogP contribution in [0.15, 0.2) is 53.0 Å². The number of carbonyl (C=O) groups excluding carboxylic acids is 1. The number of anilines is 2. The topological polar surface area (TPSA) is 63.1 Å². The van der Waals surface area contributed by atoms with Gasteiger partial charge in [0.25, 0.3) is 0 Å². The number of nitrogens with zero attached hydrogens (tertiary/aromatic N) is 4. The molecule has 0 radical (unpaired) electrons. The average Bonchev–Trinajstić information content (AvgIpc) is 3.44. The SMILES string of the molecule is CCN(CC)c1ccc(C2C3=C(CCCC3=O)Nc3nc(-c4cccs4)nn32)cc1. The van der Waals surface area contributed by atoms with E-state index in [1.54, 1.807) is 11.3 Å². The second-order valence-electron chi connectivity index (χ2n) is 7.64. The molecule has 2 aromatic heterocycles. The summed E-state index contributed by atoms with van der Waals surface area (Å²) in [5.74, 6) is 1.62. The van der Waals surface area contributed by atoms with Crippen LogP contribution in [0.5, 0.6) is 0 Å². The maximum absolute atomic E-state index is 13.0. The van der Waals surface area contributed by atoms with Gasteiger partial charge in [0.05, 0.1) is 4.88 Å². The fourth-order valence-corrected chi connectivity index (χ4v) is 5.08. The van der Waals surface area contributed by atoms with E-state index in [2.05, 4.69) is 48.3 Å². The first-order valence-electron chi connectivity index (χ1n) is 10.6. The van der Waals surface area contributed by atoms with Crippen molar-refractivity contribution in [3.8, 4) is 10.7 Å². The highest BCUT2D eigenvalue weighted by atomic mass is 32.1. The van der Waals surface area contributed by atoms with Gasteiger partial charge in [-0.25, -0.2) is 4.68 Å². The number of Topliss-reactive ketones (excluding diaryl/α,β-unsaturated/α-hetero) is 1. The largest absolute Gasteiger partial charge is 0.372 e. The van der Waals surface area contributed by atoms with Gasteiger partial charge in [0.2, 0.25) is 5.95 Å². The lowest BCUT2D eigenvalue weighted by Gasteiger charge is -2.32. The molecule has 0 saturated carbocycles. The molecule has 154 valence electrons.